The van der Waals surface area contributed by atoms with Crippen molar-refractivity contribution in [2.45, 2.75) is 13.5 Å². The lowest BCUT2D eigenvalue weighted by Crippen LogP contribution is -2.03. The standard InChI is InChI=1S/C11H8F3NOS/c1-6-5-15-10(17-6)8-4-7(12)2-3-9(8)16-11(13)14/h2-5,11H,1H3. The van der Waals surface area contributed by atoms with Crippen molar-refractivity contribution in [3.8, 4) is 16.3 Å². The third-order valence-electron chi connectivity index (χ3n) is 2.01. The summed E-state index contributed by atoms with van der Waals surface area (Å²) >= 11 is 1.29. The van der Waals surface area contributed by atoms with Gasteiger partial charge < -0.3 is 4.74 Å². The van der Waals surface area contributed by atoms with Gasteiger partial charge in [0, 0.05) is 11.1 Å². The van der Waals surface area contributed by atoms with Gasteiger partial charge in [-0.3, -0.25) is 0 Å². The van der Waals surface area contributed by atoms with E-state index in [1.807, 2.05) is 6.92 Å². The molecule has 17 heavy (non-hydrogen) atoms. The Morgan fingerprint density at radius 2 is 2.12 bits per heavy atom. The summed E-state index contributed by atoms with van der Waals surface area (Å²) in [5, 5.41) is 0.456. The SMILES string of the molecule is Cc1cnc(-c2cc(F)ccc2OC(F)F)s1. The number of alkyl halides is 2. The maximum atomic E-state index is 13.1. The van der Waals surface area contributed by atoms with E-state index in [1.165, 1.54) is 17.4 Å². The summed E-state index contributed by atoms with van der Waals surface area (Å²) < 4.78 is 41.8. The van der Waals surface area contributed by atoms with E-state index in [0.717, 1.165) is 17.0 Å². The molecule has 0 aliphatic carbocycles. The van der Waals surface area contributed by atoms with Crippen LogP contribution in [0, 0.1) is 12.7 Å². The van der Waals surface area contributed by atoms with E-state index in [9.17, 15) is 13.2 Å². The molecular formula is C11H8F3NOS. The van der Waals surface area contributed by atoms with Crippen LogP contribution in [-0.2, 0) is 0 Å². The fourth-order valence-corrected chi connectivity index (χ4v) is 2.13. The summed E-state index contributed by atoms with van der Waals surface area (Å²) in [5.41, 5.74) is 0.239. The third kappa shape index (κ3) is 2.76. The number of hydrogen-bond acceptors (Lipinski definition) is 3. The van der Waals surface area contributed by atoms with Gasteiger partial charge in [0.2, 0.25) is 0 Å². The van der Waals surface area contributed by atoms with Crippen molar-refractivity contribution in [3.05, 3.63) is 35.1 Å². The fourth-order valence-electron chi connectivity index (χ4n) is 1.35. The predicted molar refractivity (Wildman–Crippen MR) is 58.9 cm³/mol. The molecule has 0 unspecified atom stereocenters. The first kappa shape index (κ1) is 11.9. The van der Waals surface area contributed by atoms with Crippen LogP contribution in [0.3, 0.4) is 0 Å². The molecule has 0 aliphatic rings. The highest BCUT2D eigenvalue weighted by Gasteiger charge is 2.14. The summed E-state index contributed by atoms with van der Waals surface area (Å²) in [6.45, 7) is -1.12. The Balaban J connectivity index is 2.46. The van der Waals surface area contributed by atoms with Crippen LogP contribution in [0.25, 0.3) is 10.6 Å². The first-order valence-corrected chi connectivity index (χ1v) is 5.55. The lowest BCUT2D eigenvalue weighted by atomic mass is 10.2. The third-order valence-corrected chi connectivity index (χ3v) is 2.96. The van der Waals surface area contributed by atoms with E-state index >= 15 is 0 Å². The quantitative estimate of drug-likeness (QED) is 0.835. The number of aromatic nitrogens is 1. The first-order valence-electron chi connectivity index (χ1n) is 4.73. The molecule has 0 fully saturated rings. The molecule has 0 radical (unpaired) electrons. The van der Waals surface area contributed by atoms with Gasteiger partial charge in [-0.05, 0) is 25.1 Å². The summed E-state index contributed by atoms with van der Waals surface area (Å²) in [6.07, 6.45) is 1.59. The molecule has 0 bridgehead atoms. The molecule has 0 amide bonds. The summed E-state index contributed by atoms with van der Waals surface area (Å²) in [6, 6.07) is 3.38. The topological polar surface area (TPSA) is 22.1 Å². The Kier molecular flexibility index (Phi) is 3.33. The minimum Gasteiger partial charge on any atom is -0.434 e. The maximum absolute atomic E-state index is 13.1. The van der Waals surface area contributed by atoms with Crippen LogP contribution in [-0.4, -0.2) is 11.6 Å². The normalized spacial score (nSPS) is 10.9. The predicted octanol–water partition coefficient (Wildman–Crippen LogP) is 3.86. The number of nitrogens with zero attached hydrogens (tertiary/aromatic N) is 1. The van der Waals surface area contributed by atoms with E-state index in [2.05, 4.69) is 9.72 Å². The maximum Gasteiger partial charge on any atom is 0.387 e. The van der Waals surface area contributed by atoms with Crippen molar-refractivity contribution in [2.24, 2.45) is 0 Å². The molecule has 0 saturated heterocycles. The molecule has 1 aromatic carbocycles. The van der Waals surface area contributed by atoms with Crippen molar-refractivity contribution in [1.82, 2.24) is 4.98 Å². The average Bonchev–Trinajstić information content (AvgIpc) is 2.67. The van der Waals surface area contributed by atoms with Crippen LogP contribution < -0.4 is 4.74 Å². The zero-order chi connectivity index (χ0) is 12.4. The number of benzene rings is 1. The molecular weight excluding hydrogens is 251 g/mol. The highest BCUT2D eigenvalue weighted by atomic mass is 32.1. The molecule has 0 N–H and O–H groups in total. The van der Waals surface area contributed by atoms with Crippen LogP contribution >= 0.6 is 11.3 Å². The molecule has 1 aromatic heterocycles. The lowest BCUT2D eigenvalue weighted by Gasteiger charge is -2.08. The highest BCUT2D eigenvalue weighted by molar-refractivity contribution is 7.15. The van der Waals surface area contributed by atoms with Crippen molar-refractivity contribution >= 4 is 11.3 Å². The van der Waals surface area contributed by atoms with Gasteiger partial charge in [0.1, 0.15) is 16.6 Å². The number of thiazole rings is 1. The lowest BCUT2D eigenvalue weighted by molar-refractivity contribution is -0.0494. The van der Waals surface area contributed by atoms with Gasteiger partial charge in [-0.15, -0.1) is 11.3 Å². The fraction of sp³-hybridized carbons (Fsp3) is 0.182. The molecule has 0 aliphatic heterocycles. The molecule has 2 rings (SSSR count). The van der Waals surface area contributed by atoms with Crippen LogP contribution in [0.15, 0.2) is 24.4 Å². The summed E-state index contributed by atoms with van der Waals surface area (Å²) in [4.78, 5) is 4.93. The largest absolute Gasteiger partial charge is 0.434 e. The minimum absolute atomic E-state index is 0.0734. The Morgan fingerprint density at radius 3 is 2.71 bits per heavy atom. The van der Waals surface area contributed by atoms with Crippen LogP contribution in [0.2, 0.25) is 0 Å². The van der Waals surface area contributed by atoms with Gasteiger partial charge in [0.25, 0.3) is 0 Å². The van der Waals surface area contributed by atoms with Gasteiger partial charge in [-0.2, -0.15) is 8.78 Å². The highest BCUT2D eigenvalue weighted by Crippen LogP contribution is 2.34. The molecule has 90 valence electrons. The smallest absolute Gasteiger partial charge is 0.387 e. The van der Waals surface area contributed by atoms with Crippen molar-refractivity contribution in [2.75, 3.05) is 0 Å². The monoisotopic (exact) mass is 259 g/mol. The van der Waals surface area contributed by atoms with Gasteiger partial charge in [-0.1, -0.05) is 0 Å². The molecule has 2 aromatic rings. The number of rotatable bonds is 3. The second-order valence-corrected chi connectivity index (χ2v) is 4.53. The molecule has 0 saturated carbocycles. The zero-order valence-corrected chi connectivity index (χ0v) is 9.60. The number of halogens is 3. The molecule has 0 atom stereocenters. The van der Waals surface area contributed by atoms with E-state index < -0.39 is 12.4 Å². The van der Waals surface area contributed by atoms with E-state index in [1.54, 1.807) is 6.20 Å². The van der Waals surface area contributed by atoms with Crippen LogP contribution in [0.5, 0.6) is 5.75 Å². The van der Waals surface area contributed by atoms with E-state index in [4.69, 9.17) is 0 Å². The van der Waals surface area contributed by atoms with Gasteiger partial charge >= 0.3 is 6.61 Å². The molecule has 0 spiro atoms. The second-order valence-electron chi connectivity index (χ2n) is 3.30. The first-order chi connectivity index (χ1) is 8.06. The van der Waals surface area contributed by atoms with E-state index in [0.29, 0.717) is 5.01 Å². The van der Waals surface area contributed by atoms with Gasteiger partial charge in [0.05, 0.1) is 5.56 Å². The summed E-state index contributed by atoms with van der Waals surface area (Å²) in [7, 11) is 0. The zero-order valence-electron chi connectivity index (χ0n) is 8.78. The summed E-state index contributed by atoms with van der Waals surface area (Å²) in [5.74, 6) is -0.592. The number of ether oxygens (including phenoxy) is 1. The van der Waals surface area contributed by atoms with Crippen molar-refractivity contribution in [3.63, 3.8) is 0 Å². The minimum atomic E-state index is -2.94. The van der Waals surface area contributed by atoms with Crippen molar-refractivity contribution in [1.29, 1.82) is 0 Å². The second kappa shape index (κ2) is 4.75. The van der Waals surface area contributed by atoms with Crippen LogP contribution in [0.1, 0.15) is 4.88 Å². The number of hydrogen-bond donors (Lipinski definition) is 0. The van der Waals surface area contributed by atoms with Gasteiger partial charge in [-0.25, -0.2) is 9.37 Å². The molecule has 6 heteroatoms. The Bertz CT molecular complexity index is 527. The number of aryl methyl sites for hydroxylation is 1. The Morgan fingerprint density at radius 1 is 1.35 bits per heavy atom. The molecule has 1 heterocycles. The van der Waals surface area contributed by atoms with E-state index in [-0.39, 0.29) is 11.3 Å². The average molecular weight is 259 g/mol. The van der Waals surface area contributed by atoms with Crippen LogP contribution in [0.4, 0.5) is 13.2 Å². The Hall–Kier alpha value is -1.56. The van der Waals surface area contributed by atoms with Crippen molar-refractivity contribution < 1.29 is 17.9 Å². The molecule has 2 nitrogen and oxygen atoms in total. The van der Waals surface area contributed by atoms with Gasteiger partial charge in [0.15, 0.2) is 0 Å². The Labute approximate surface area is 99.7 Å².